The van der Waals surface area contributed by atoms with E-state index in [9.17, 15) is 9.18 Å². The molecule has 4 aromatic rings. The van der Waals surface area contributed by atoms with Crippen LogP contribution in [0.4, 0.5) is 4.39 Å². The molecule has 162 valence electrons. The number of halogens is 1. The van der Waals surface area contributed by atoms with Crippen LogP contribution in [0.15, 0.2) is 75.9 Å². The molecule has 0 unspecified atom stereocenters. The number of hydrogen-bond donors (Lipinski definition) is 0. The van der Waals surface area contributed by atoms with Gasteiger partial charge in [0.25, 0.3) is 0 Å². The van der Waals surface area contributed by atoms with Crippen molar-refractivity contribution in [2.45, 2.75) is 26.3 Å². The Hall–Kier alpha value is -3.44. The second-order valence-corrected chi connectivity index (χ2v) is 8.28. The lowest BCUT2D eigenvalue weighted by Gasteiger charge is -2.29. The molecule has 0 atom stereocenters. The van der Waals surface area contributed by atoms with E-state index in [1.54, 1.807) is 12.1 Å². The zero-order valence-corrected chi connectivity index (χ0v) is 17.9. The highest BCUT2D eigenvalue weighted by atomic mass is 19.1. The third kappa shape index (κ3) is 4.04. The Labute approximate surface area is 185 Å². The number of rotatable bonds is 5. The third-order valence-electron chi connectivity index (χ3n) is 6.15. The van der Waals surface area contributed by atoms with Crippen LogP contribution in [-0.4, -0.2) is 18.2 Å². The van der Waals surface area contributed by atoms with Crippen molar-refractivity contribution >= 4 is 11.0 Å². The van der Waals surface area contributed by atoms with E-state index in [-0.39, 0.29) is 11.4 Å². The minimum absolute atomic E-state index is 0.229. The second-order valence-electron chi connectivity index (χ2n) is 8.28. The van der Waals surface area contributed by atoms with Crippen LogP contribution in [0, 0.1) is 12.7 Å². The Morgan fingerprint density at radius 3 is 2.53 bits per heavy atom. The number of fused-ring (bicyclic) bond motifs is 3. The van der Waals surface area contributed by atoms with E-state index in [0.717, 1.165) is 46.4 Å². The van der Waals surface area contributed by atoms with Crippen LogP contribution in [0.2, 0.25) is 0 Å². The largest absolute Gasteiger partial charge is 0.478 e. The fourth-order valence-corrected chi connectivity index (χ4v) is 4.29. The van der Waals surface area contributed by atoms with Gasteiger partial charge < -0.3 is 9.15 Å². The average molecular weight is 429 g/mol. The van der Waals surface area contributed by atoms with Crippen molar-refractivity contribution in [3.8, 4) is 5.75 Å². The fourth-order valence-electron chi connectivity index (χ4n) is 4.29. The summed E-state index contributed by atoms with van der Waals surface area (Å²) in [5.41, 5.74) is 5.00. The molecule has 0 N–H and O–H groups in total. The molecule has 1 aliphatic rings. The highest BCUT2D eigenvalue weighted by Gasteiger charge is 2.23. The zero-order chi connectivity index (χ0) is 22.1. The Morgan fingerprint density at radius 1 is 0.969 bits per heavy atom. The van der Waals surface area contributed by atoms with Gasteiger partial charge in [0.2, 0.25) is 0 Å². The summed E-state index contributed by atoms with van der Waals surface area (Å²) < 4.78 is 25.0. The molecule has 3 aromatic carbocycles. The van der Waals surface area contributed by atoms with E-state index < -0.39 is 0 Å². The van der Waals surface area contributed by atoms with Gasteiger partial charge in [0, 0.05) is 30.5 Å². The lowest BCUT2D eigenvalue weighted by Crippen LogP contribution is -2.33. The summed E-state index contributed by atoms with van der Waals surface area (Å²) in [5.74, 6) is 0.529. The first-order valence-electron chi connectivity index (χ1n) is 10.8. The minimum atomic E-state index is -0.296. The molecule has 5 heteroatoms. The summed E-state index contributed by atoms with van der Waals surface area (Å²) >= 11 is 0. The Balaban J connectivity index is 1.43. The average Bonchev–Trinajstić information content (AvgIpc) is 2.82. The molecule has 2 heterocycles. The maximum absolute atomic E-state index is 13.1. The molecule has 0 aliphatic carbocycles. The van der Waals surface area contributed by atoms with E-state index in [2.05, 4.69) is 4.90 Å². The van der Waals surface area contributed by atoms with Crippen LogP contribution < -0.4 is 10.4 Å². The highest BCUT2D eigenvalue weighted by Crippen LogP contribution is 2.34. The van der Waals surface area contributed by atoms with Crippen LogP contribution in [0.25, 0.3) is 11.0 Å². The first kappa shape index (κ1) is 20.5. The van der Waals surface area contributed by atoms with Gasteiger partial charge in [-0.15, -0.1) is 0 Å². The summed E-state index contributed by atoms with van der Waals surface area (Å²) in [5, 5.41) is 0.943. The van der Waals surface area contributed by atoms with Gasteiger partial charge in [0.1, 0.15) is 23.9 Å². The molecule has 0 bridgehead atoms. The highest BCUT2D eigenvalue weighted by molar-refractivity contribution is 5.86. The molecule has 4 nitrogen and oxygen atoms in total. The van der Waals surface area contributed by atoms with Gasteiger partial charge in [-0.1, -0.05) is 42.5 Å². The van der Waals surface area contributed by atoms with Crippen LogP contribution in [0.5, 0.6) is 5.75 Å². The van der Waals surface area contributed by atoms with Crippen LogP contribution in [0.3, 0.4) is 0 Å². The lowest BCUT2D eigenvalue weighted by atomic mass is 9.97. The number of aryl methyl sites for hydroxylation is 1. The summed E-state index contributed by atoms with van der Waals surface area (Å²) in [6, 6.07) is 20.5. The van der Waals surface area contributed by atoms with Crippen molar-refractivity contribution in [2.75, 3.05) is 13.3 Å². The molecule has 1 aliphatic heterocycles. The zero-order valence-electron chi connectivity index (χ0n) is 17.9. The van der Waals surface area contributed by atoms with Gasteiger partial charge in [0.05, 0.1) is 5.56 Å². The topological polar surface area (TPSA) is 42.7 Å². The minimum Gasteiger partial charge on any atom is -0.478 e. The first-order valence-corrected chi connectivity index (χ1v) is 10.8. The SMILES string of the molecule is Cc1c(Cc2ccccc2)c(=O)oc2c3c(ccc12)OCN(CCc1ccc(F)cc1)C3. The van der Waals surface area contributed by atoms with Crippen molar-refractivity contribution in [3.05, 3.63) is 111 Å². The number of hydrogen-bond acceptors (Lipinski definition) is 4. The molecule has 1 aromatic heterocycles. The van der Waals surface area contributed by atoms with Gasteiger partial charge >= 0.3 is 5.63 Å². The maximum atomic E-state index is 13.1. The predicted molar refractivity (Wildman–Crippen MR) is 122 cm³/mol. The van der Waals surface area contributed by atoms with E-state index in [1.165, 1.54) is 12.1 Å². The normalized spacial score (nSPS) is 13.7. The van der Waals surface area contributed by atoms with Crippen molar-refractivity contribution < 1.29 is 13.5 Å². The summed E-state index contributed by atoms with van der Waals surface area (Å²) in [4.78, 5) is 15.1. The standard InChI is InChI=1S/C27H24FNO3/c1-18-22-11-12-25-24(16-29(17-31-25)14-13-19-7-9-21(28)10-8-19)26(22)32-27(30)23(18)15-20-5-3-2-4-6-20/h2-12H,13-17H2,1H3. The molecular weight excluding hydrogens is 405 g/mol. The third-order valence-corrected chi connectivity index (χ3v) is 6.15. The van der Waals surface area contributed by atoms with Crippen molar-refractivity contribution in [1.29, 1.82) is 0 Å². The molecule has 0 saturated heterocycles. The first-order chi connectivity index (χ1) is 15.6. The quantitative estimate of drug-likeness (QED) is 0.408. The second kappa shape index (κ2) is 8.60. The van der Waals surface area contributed by atoms with Crippen LogP contribution in [-0.2, 0) is 19.4 Å². The fraction of sp³-hybridized carbons (Fsp3) is 0.222. The predicted octanol–water partition coefficient (Wildman–Crippen LogP) is 5.23. The van der Waals surface area contributed by atoms with Gasteiger partial charge in [0.15, 0.2) is 0 Å². The molecule has 5 rings (SSSR count). The van der Waals surface area contributed by atoms with Gasteiger partial charge in [-0.05, 0) is 54.3 Å². The number of ether oxygens (including phenoxy) is 1. The molecule has 32 heavy (non-hydrogen) atoms. The molecule has 0 amide bonds. The smallest absolute Gasteiger partial charge is 0.340 e. The van der Waals surface area contributed by atoms with E-state index in [0.29, 0.717) is 30.8 Å². The molecular formula is C27H24FNO3. The van der Waals surface area contributed by atoms with E-state index >= 15 is 0 Å². The number of nitrogens with zero attached hydrogens (tertiary/aromatic N) is 1. The molecule has 0 spiro atoms. The van der Waals surface area contributed by atoms with Crippen molar-refractivity contribution in [3.63, 3.8) is 0 Å². The van der Waals surface area contributed by atoms with Gasteiger partial charge in [-0.3, -0.25) is 4.90 Å². The Bertz CT molecular complexity index is 1310. The van der Waals surface area contributed by atoms with Crippen LogP contribution >= 0.6 is 0 Å². The van der Waals surface area contributed by atoms with Crippen molar-refractivity contribution in [2.24, 2.45) is 0 Å². The molecule has 0 fully saturated rings. The van der Waals surface area contributed by atoms with Crippen LogP contribution in [0.1, 0.15) is 27.8 Å². The molecule has 0 saturated carbocycles. The lowest BCUT2D eigenvalue weighted by molar-refractivity contribution is 0.0967. The Morgan fingerprint density at radius 2 is 1.75 bits per heavy atom. The molecule has 0 radical (unpaired) electrons. The summed E-state index contributed by atoms with van der Waals surface area (Å²) in [6.07, 6.45) is 1.33. The number of benzene rings is 3. The van der Waals surface area contributed by atoms with Gasteiger partial charge in [-0.2, -0.15) is 0 Å². The van der Waals surface area contributed by atoms with Gasteiger partial charge in [-0.25, -0.2) is 9.18 Å². The monoisotopic (exact) mass is 429 g/mol. The Kier molecular flexibility index (Phi) is 5.50. The van der Waals surface area contributed by atoms with E-state index in [4.69, 9.17) is 9.15 Å². The summed E-state index contributed by atoms with van der Waals surface area (Å²) in [6.45, 7) is 3.85. The van der Waals surface area contributed by atoms with E-state index in [1.807, 2.05) is 49.4 Å². The maximum Gasteiger partial charge on any atom is 0.340 e. The van der Waals surface area contributed by atoms with Crippen molar-refractivity contribution in [1.82, 2.24) is 4.90 Å². The summed E-state index contributed by atoms with van der Waals surface area (Å²) in [7, 11) is 0.